The molecule has 5 aromatic rings. The van der Waals surface area contributed by atoms with Gasteiger partial charge in [0, 0.05) is 38.0 Å². The van der Waals surface area contributed by atoms with E-state index < -0.39 is 42.4 Å². The number of alkyl halides is 2. The van der Waals surface area contributed by atoms with Crippen LogP contribution >= 0.6 is 0 Å². The van der Waals surface area contributed by atoms with Crippen LogP contribution in [-0.4, -0.2) is 98.1 Å². The highest BCUT2D eigenvalue weighted by molar-refractivity contribution is 6.06. The van der Waals surface area contributed by atoms with E-state index in [4.69, 9.17) is 28.4 Å². The molecule has 4 fully saturated rings. The summed E-state index contributed by atoms with van der Waals surface area (Å²) >= 11 is 0. The average molecular weight is 705 g/mol. The van der Waals surface area contributed by atoms with Crippen molar-refractivity contribution in [1.82, 2.24) is 29.8 Å². The number of pyridine rings is 1. The Morgan fingerprint density at radius 3 is 2.71 bits per heavy atom. The molecule has 0 radical (unpaired) electrons. The van der Waals surface area contributed by atoms with Crippen LogP contribution in [0.2, 0.25) is 0 Å². The number of nitrogens with zero attached hydrogens (tertiary/aromatic N) is 8. The van der Waals surface area contributed by atoms with Crippen LogP contribution in [0.1, 0.15) is 36.9 Å². The topological polar surface area (TPSA) is 140 Å². The summed E-state index contributed by atoms with van der Waals surface area (Å²) in [4.78, 5) is 22.0. The van der Waals surface area contributed by atoms with Crippen molar-refractivity contribution in [2.75, 3.05) is 42.7 Å². The number of fused-ring (bicyclic) bond motifs is 3. The lowest BCUT2D eigenvalue weighted by molar-refractivity contribution is -0.228. The minimum atomic E-state index is -3.05. The second-order valence-electron chi connectivity index (χ2n) is 12.9. The second-order valence-corrected chi connectivity index (χ2v) is 12.9. The highest BCUT2D eigenvalue weighted by atomic mass is 19.3. The molecule has 8 heterocycles. The maximum absolute atomic E-state index is 15.0. The van der Waals surface area contributed by atoms with Crippen molar-refractivity contribution in [2.24, 2.45) is 7.05 Å². The fraction of sp³-hybridized carbons (Fsp3) is 0.412. The number of anilines is 2. The molecule has 264 valence electrons. The lowest BCUT2D eigenvalue weighted by Gasteiger charge is -2.53. The number of hydrogen-bond acceptors (Lipinski definition) is 13. The summed E-state index contributed by atoms with van der Waals surface area (Å²) in [5.41, 5.74) is 1.55. The third-order valence-electron chi connectivity index (χ3n) is 9.78. The van der Waals surface area contributed by atoms with Crippen LogP contribution < -0.4 is 14.5 Å². The fourth-order valence-electron chi connectivity index (χ4n) is 7.06. The van der Waals surface area contributed by atoms with Crippen molar-refractivity contribution in [3.05, 3.63) is 65.6 Å². The van der Waals surface area contributed by atoms with Gasteiger partial charge in [0.2, 0.25) is 5.88 Å². The van der Waals surface area contributed by atoms with Crippen molar-refractivity contribution in [3.8, 4) is 17.7 Å². The molecule has 4 aromatic heterocycles. The first-order valence-corrected chi connectivity index (χ1v) is 16.4. The molecule has 4 aliphatic rings. The Balaban J connectivity index is 1.09. The predicted octanol–water partition coefficient (Wildman–Crippen LogP) is 3.48. The number of halogens is 3. The van der Waals surface area contributed by atoms with Gasteiger partial charge in [-0.3, -0.25) is 4.68 Å². The third-order valence-corrected chi connectivity index (χ3v) is 9.78. The molecule has 4 aliphatic heterocycles. The van der Waals surface area contributed by atoms with Gasteiger partial charge in [-0.1, -0.05) is 12.0 Å². The van der Waals surface area contributed by atoms with Gasteiger partial charge in [0.25, 0.3) is 12.8 Å². The van der Waals surface area contributed by atoms with E-state index in [1.807, 2.05) is 25.4 Å². The first-order valence-electron chi connectivity index (χ1n) is 16.4. The molecule has 5 atom stereocenters. The number of aliphatic hydroxyl groups is 1. The number of morpholine rings is 1. The lowest BCUT2D eigenvalue weighted by atomic mass is 9.90. The van der Waals surface area contributed by atoms with Crippen LogP contribution in [-0.2, 0) is 21.4 Å². The van der Waals surface area contributed by atoms with Gasteiger partial charge in [0.1, 0.15) is 46.2 Å². The van der Waals surface area contributed by atoms with Crippen LogP contribution in [0, 0.1) is 17.7 Å². The maximum atomic E-state index is 15.0. The van der Waals surface area contributed by atoms with E-state index in [1.54, 1.807) is 15.8 Å². The summed E-state index contributed by atoms with van der Waals surface area (Å²) in [5.74, 6) is 5.08. The number of hydroxylamine groups is 2. The molecule has 4 saturated heterocycles. The third kappa shape index (κ3) is 5.50. The second kappa shape index (κ2) is 12.1. The summed E-state index contributed by atoms with van der Waals surface area (Å²) < 4.78 is 69.3. The maximum Gasteiger partial charge on any atom is 0.297 e. The normalized spacial score (nSPS) is 25.4. The summed E-state index contributed by atoms with van der Waals surface area (Å²) in [5, 5.41) is 15.9. The van der Waals surface area contributed by atoms with Gasteiger partial charge in [-0.25, -0.2) is 33.0 Å². The Labute approximate surface area is 288 Å². The Morgan fingerprint density at radius 2 is 1.98 bits per heavy atom. The molecule has 1 N–H and O–H groups in total. The van der Waals surface area contributed by atoms with Crippen LogP contribution in [0.25, 0.3) is 22.1 Å². The van der Waals surface area contributed by atoms with Crippen LogP contribution in [0.3, 0.4) is 0 Å². The Kier molecular flexibility index (Phi) is 7.56. The summed E-state index contributed by atoms with van der Waals surface area (Å²) in [6, 6.07) is 7.84. The number of furan rings is 1. The minimum Gasteiger partial charge on any atom is -0.471 e. The zero-order valence-corrected chi connectivity index (χ0v) is 27.4. The van der Waals surface area contributed by atoms with Crippen molar-refractivity contribution in [1.29, 1.82) is 0 Å². The number of hydrogen-bond donors (Lipinski definition) is 1. The highest BCUT2D eigenvalue weighted by Crippen LogP contribution is 2.43. The molecule has 17 heteroatoms. The van der Waals surface area contributed by atoms with Crippen LogP contribution in [0.5, 0.6) is 5.88 Å². The molecule has 14 nitrogen and oxygen atoms in total. The molecule has 0 bridgehead atoms. The van der Waals surface area contributed by atoms with Crippen molar-refractivity contribution >= 4 is 33.6 Å². The monoisotopic (exact) mass is 704 g/mol. The summed E-state index contributed by atoms with van der Waals surface area (Å²) in [7, 11) is 1.82. The first kappa shape index (κ1) is 32.0. The Bertz CT molecular complexity index is 2220. The molecule has 1 spiro atoms. The minimum absolute atomic E-state index is 0.00764. The van der Waals surface area contributed by atoms with E-state index in [0.29, 0.717) is 49.2 Å². The van der Waals surface area contributed by atoms with Gasteiger partial charge in [-0.05, 0) is 37.1 Å². The molecule has 51 heavy (non-hydrogen) atoms. The summed E-state index contributed by atoms with van der Waals surface area (Å²) in [6.45, 7) is 4.12. The number of aryl methyl sites for hydroxylation is 1. The Hall–Kier alpha value is -4.99. The molecule has 0 amide bonds. The highest BCUT2D eigenvalue weighted by Gasteiger charge is 2.52. The Morgan fingerprint density at radius 1 is 1.14 bits per heavy atom. The quantitative estimate of drug-likeness (QED) is 0.204. The predicted molar refractivity (Wildman–Crippen MR) is 173 cm³/mol. The zero-order valence-electron chi connectivity index (χ0n) is 27.4. The first-order chi connectivity index (χ1) is 24.7. The fourth-order valence-corrected chi connectivity index (χ4v) is 7.06. The van der Waals surface area contributed by atoms with E-state index >= 15 is 0 Å². The van der Waals surface area contributed by atoms with Crippen LogP contribution in [0.4, 0.5) is 24.7 Å². The van der Waals surface area contributed by atoms with E-state index in [0.717, 1.165) is 0 Å². The van der Waals surface area contributed by atoms with Gasteiger partial charge in [0.05, 0.1) is 37.8 Å². The standard InChI is InChI=1S/C34H31F3N8O6/c1-18-34(16-47-17-34)48-11-10-43(18)23-12-19(6-7-20-8-9-42(2)41-20)14-38-32(23)49-21-13-25(45-33(46)51-45)44(15-21)31-28-27(39-30(40-31)29(36)37)26-22(35)4-3-5-24(26)50-28/h3-5,8-9,12,14,18,21,25,29,33,46H,10-11,13,15-17H2,1-2H3/t18-,21+,25-,33?,45?/m1/s1. The van der Waals surface area contributed by atoms with Crippen LogP contribution in [0.15, 0.2) is 47.1 Å². The molecular weight excluding hydrogens is 673 g/mol. The van der Waals surface area contributed by atoms with Gasteiger partial charge >= 0.3 is 0 Å². The number of aromatic nitrogens is 5. The lowest BCUT2D eigenvalue weighted by Crippen LogP contribution is -2.68. The number of rotatable bonds is 6. The van der Waals surface area contributed by atoms with E-state index in [9.17, 15) is 18.3 Å². The van der Waals surface area contributed by atoms with Gasteiger partial charge in [-0.2, -0.15) is 5.10 Å². The van der Waals surface area contributed by atoms with Gasteiger partial charge in [-0.15, -0.1) is 5.06 Å². The molecule has 2 unspecified atom stereocenters. The van der Waals surface area contributed by atoms with E-state index in [1.165, 1.54) is 23.3 Å². The largest absolute Gasteiger partial charge is 0.471 e. The number of benzene rings is 1. The smallest absolute Gasteiger partial charge is 0.297 e. The molecule has 1 aromatic carbocycles. The van der Waals surface area contributed by atoms with E-state index in [2.05, 4.69) is 38.7 Å². The average Bonchev–Trinajstić information content (AvgIpc) is 3.40. The van der Waals surface area contributed by atoms with Crippen molar-refractivity contribution in [2.45, 2.75) is 50.1 Å². The molecule has 9 rings (SSSR count). The summed E-state index contributed by atoms with van der Waals surface area (Å²) in [6.07, 6.45) is -1.90. The van der Waals surface area contributed by atoms with Gasteiger partial charge in [0.15, 0.2) is 17.2 Å². The molecule has 0 aliphatic carbocycles. The number of aliphatic hydroxyl groups excluding tert-OH is 1. The van der Waals surface area contributed by atoms with Gasteiger partial charge < -0.3 is 33.5 Å². The number of ether oxygens (including phenoxy) is 3. The zero-order chi connectivity index (χ0) is 35.0. The van der Waals surface area contributed by atoms with Crippen molar-refractivity contribution in [3.63, 3.8) is 0 Å². The van der Waals surface area contributed by atoms with Crippen molar-refractivity contribution < 1.29 is 41.7 Å². The molecule has 0 saturated carbocycles. The SMILES string of the molecule is C[C@H]1N(c2cc(C#Cc3ccn(C)n3)cnc2O[C@H]2C[C@@H](N3OC3O)N(c3nc(C(F)F)nc4c3oc3cccc(F)c34)C2)CCOC12COC2. The molecular formula is C34H31F3N8O6. The van der Waals surface area contributed by atoms with E-state index in [-0.39, 0.29) is 46.9 Å².